The fourth-order valence-electron chi connectivity index (χ4n) is 2.24. The van der Waals surface area contributed by atoms with E-state index in [0.29, 0.717) is 18.9 Å². The Morgan fingerprint density at radius 3 is 2.30 bits per heavy atom. The van der Waals surface area contributed by atoms with E-state index in [9.17, 15) is 15.0 Å². The SMILES string of the molecule is CC(C)CC(CNC(C)Cc1ccc(O)cc1)C(=O)O. The number of phenols is 1. The van der Waals surface area contributed by atoms with Gasteiger partial charge in [0, 0.05) is 12.6 Å². The van der Waals surface area contributed by atoms with Crippen molar-refractivity contribution >= 4 is 5.97 Å². The lowest BCUT2D eigenvalue weighted by molar-refractivity contribution is -0.142. The van der Waals surface area contributed by atoms with Crippen LogP contribution in [0.15, 0.2) is 24.3 Å². The first-order valence-corrected chi connectivity index (χ1v) is 7.12. The highest BCUT2D eigenvalue weighted by atomic mass is 16.4. The molecule has 0 aromatic heterocycles. The van der Waals surface area contributed by atoms with Gasteiger partial charge in [-0.1, -0.05) is 26.0 Å². The average molecular weight is 279 g/mol. The second-order valence-corrected chi connectivity index (χ2v) is 5.84. The Hall–Kier alpha value is -1.55. The number of aliphatic carboxylic acids is 1. The van der Waals surface area contributed by atoms with Crippen LogP contribution >= 0.6 is 0 Å². The summed E-state index contributed by atoms with van der Waals surface area (Å²) in [6.07, 6.45) is 1.50. The maximum Gasteiger partial charge on any atom is 0.307 e. The number of carbonyl (C=O) groups is 1. The molecule has 0 aliphatic rings. The topological polar surface area (TPSA) is 69.6 Å². The van der Waals surface area contributed by atoms with Gasteiger partial charge in [0.25, 0.3) is 0 Å². The standard InChI is InChI=1S/C16H25NO3/c1-11(2)8-14(16(19)20)10-17-12(3)9-13-4-6-15(18)7-5-13/h4-7,11-12,14,17-18H,8-10H2,1-3H3,(H,19,20). The number of rotatable bonds is 8. The van der Waals surface area contributed by atoms with Gasteiger partial charge < -0.3 is 15.5 Å². The molecule has 0 heterocycles. The first kappa shape index (κ1) is 16.5. The summed E-state index contributed by atoms with van der Waals surface area (Å²) in [4.78, 5) is 11.2. The van der Waals surface area contributed by atoms with Gasteiger partial charge >= 0.3 is 5.97 Å². The number of carboxylic acid groups (broad SMARTS) is 1. The van der Waals surface area contributed by atoms with Gasteiger partial charge in [-0.2, -0.15) is 0 Å². The predicted octanol–water partition coefficient (Wildman–Crippen LogP) is 2.66. The Morgan fingerprint density at radius 2 is 1.80 bits per heavy atom. The van der Waals surface area contributed by atoms with Gasteiger partial charge in [0.05, 0.1) is 5.92 Å². The molecule has 0 saturated carbocycles. The van der Waals surface area contributed by atoms with Gasteiger partial charge in [-0.25, -0.2) is 0 Å². The van der Waals surface area contributed by atoms with Crippen molar-refractivity contribution in [2.75, 3.05) is 6.54 Å². The lowest BCUT2D eigenvalue weighted by Gasteiger charge is -2.19. The van der Waals surface area contributed by atoms with Crippen LogP contribution < -0.4 is 5.32 Å². The quantitative estimate of drug-likeness (QED) is 0.684. The van der Waals surface area contributed by atoms with Crippen LogP contribution in [0, 0.1) is 11.8 Å². The molecular formula is C16H25NO3. The van der Waals surface area contributed by atoms with E-state index >= 15 is 0 Å². The smallest absolute Gasteiger partial charge is 0.307 e. The highest BCUT2D eigenvalue weighted by molar-refractivity contribution is 5.70. The Bertz CT molecular complexity index is 414. The average Bonchev–Trinajstić information content (AvgIpc) is 2.36. The van der Waals surface area contributed by atoms with Crippen LogP contribution in [0.5, 0.6) is 5.75 Å². The van der Waals surface area contributed by atoms with Crippen molar-refractivity contribution < 1.29 is 15.0 Å². The van der Waals surface area contributed by atoms with Crippen molar-refractivity contribution in [2.24, 2.45) is 11.8 Å². The largest absolute Gasteiger partial charge is 0.508 e. The first-order valence-electron chi connectivity index (χ1n) is 7.12. The van der Waals surface area contributed by atoms with E-state index in [2.05, 4.69) is 5.32 Å². The molecule has 0 saturated heterocycles. The van der Waals surface area contributed by atoms with Crippen LogP contribution in [0.4, 0.5) is 0 Å². The van der Waals surface area contributed by atoms with E-state index in [1.54, 1.807) is 12.1 Å². The molecule has 0 aliphatic heterocycles. The van der Waals surface area contributed by atoms with E-state index in [1.165, 1.54) is 0 Å². The van der Waals surface area contributed by atoms with Gasteiger partial charge in [0.15, 0.2) is 0 Å². The summed E-state index contributed by atoms with van der Waals surface area (Å²) in [6.45, 7) is 6.61. The maximum atomic E-state index is 11.2. The molecular weight excluding hydrogens is 254 g/mol. The number of carboxylic acids is 1. The van der Waals surface area contributed by atoms with Gasteiger partial charge in [0.1, 0.15) is 5.75 Å². The Labute approximate surface area is 120 Å². The summed E-state index contributed by atoms with van der Waals surface area (Å²) in [5.41, 5.74) is 1.12. The molecule has 4 heteroatoms. The normalized spacial score (nSPS) is 14.2. The monoisotopic (exact) mass is 279 g/mol. The second kappa shape index (κ2) is 7.90. The molecule has 112 valence electrons. The molecule has 0 radical (unpaired) electrons. The van der Waals surface area contributed by atoms with Crippen LogP contribution in [0.3, 0.4) is 0 Å². The summed E-state index contributed by atoms with van der Waals surface area (Å²) in [7, 11) is 0. The Balaban J connectivity index is 2.43. The first-order chi connectivity index (χ1) is 9.38. The van der Waals surface area contributed by atoms with Crippen molar-refractivity contribution in [1.82, 2.24) is 5.32 Å². The summed E-state index contributed by atoms with van der Waals surface area (Å²) >= 11 is 0. The molecule has 0 fully saturated rings. The van der Waals surface area contributed by atoms with E-state index in [1.807, 2.05) is 32.9 Å². The van der Waals surface area contributed by atoms with Gasteiger partial charge in [-0.3, -0.25) is 4.79 Å². The number of nitrogens with one attached hydrogen (secondary N) is 1. The number of aromatic hydroxyl groups is 1. The molecule has 0 amide bonds. The van der Waals surface area contributed by atoms with Gasteiger partial charge in [0.2, 0.25) is 0 Å². The fourth-order valence-corrected chi connectivity index (χ4v) is 2.24. The summed E-state index contributed by atoms with van der Waals surface area (Å²) in [6, 6.07) is 7.31. The van der Waals surface area contributed by atoms with E-state index in [0.717, 1.165) is 12.0 Å². The molecule has 0 spiro atoms. The summed E-state index contributed by atoms with van der Waals surface area (Å²) < 4.78 is 0. The minimum absolute atomic E-state index is 0.202. The van der Waals surface area contributed by atoms with Crippen LogP contribution in [-0.4, -0.2) is 28.8 Å². The number of hydrogen-bond acceptors (Lipinski definition) is 3. The van der Waals surface area contributed by atoms with Gasteiger partial charge in [-0.05, 0) is 43.4 Å². The lowest BCUT2D eigenvalue weighted by Crippen LogP contribution is -2.36. The summed E-state index contributed by atoms with van der Waals surface area (Å²) in [5.74, 6) is -0.428. The fraction of sp³-hybridized carbons (Fsp3) is 0.562. The molecule has 2 unspecified atom stereocenters. The summed E-state index contributed by atoms with van der Waals surface area (Å²) in [5, 5.41) is 21.7. The van der Waals surface area contributed by atoms with Crippen molar-refractivity contribution in [3.8, 4) is 5.75 Å². The third kappa shape index (κ3) is 6.06. The van der Waals surface area contributed by atoms with E-state index in [4.69, 9.17) is 0 Å². The van der Waals surface area contributed by atoms with Crippen LogP contribution in [0.1, 0.15) is 32.8 Å². The maximum absolute atomic E-state index is 11.2. The molecule has 2 atom stereocenters. The molecule has 0 aliphatic carbocycles. The molecule has 1 aromatic carbocycles. The van der Waals surface area contributed by atoms with E-state index in [-0.39, 0.29) is 17.7 Å². The highest BCUT2D eigenvalue weighted by Crippen LogP contribution is 2.13. The number of benzene rings is 1. The number of hydrogen-bond donors (Lipinski definition) is 3. The zero-order valence-electron chi connectivity index (χ0n) is 12.5. The Kier molecular flexibility index (Phi) is 6.52. The zero-order chi connectivity index (χ0) is 15.1. The third-order valence-corrected chi connectivity index (χ3v) is 3.30. The molecule has 1 aromatic rings. The minimum Gasteiger partial charge on any atom is -0.508 e. The molecule has 1 rings (SSSR count). The van der Waals surface area contributed by atoms with Crippen LogP contribution in [0.2, 0.25) is 0 Å². The van der Waals surface area contributed by atoms with E-state index < -0.39 is 5.97 Å². The van der Waals surface area contributed by atoms with Crippen LogP contribution in [0.25, 0.3) is 0 Å². The third-order valence-electron chi connectivity index (χ3n) is 3.30. The van der Waals surface area contributed by atoms with Crippen molar-refractivity contribution in [1.29, 1.82) is 0 Å². The lowest BCUT2D eigenvalue weighted by atomic mass is 9.96. The second-order valence-electron chi connectivity index (χ2n) is 5.84. The molecule has 0 bridgehead atoms. The van der Waals surface area contributed by atoms with Crippen molar-refractivity contribution in [3.63, 3.8) is 0 Å². The molecule has 4 nitrogen and oxygen atoms in total. The highest BCUT2D eigenvalue weighted by Gasteiger charge is 2.19. The van der Waals surface area contributed by atoms with Crippen molar-refractivity contribution in [3.05, 3.63) is 29.8 Å². The minimum atomic E-state index is -0.733. The Morgan fingerprint density at radius 1 is 1.20 bits per heavy atom. The predicted molar refractivity (Wildman–Crippen MR) is 79.9 cm³/mol. The zero-order valence-corrected chi connectivity index (χ0v) is 12.5. The number of phenolic OH excluding ortho intramolecular Hbond substituents is 1. The van der Waals surface area contributed by atoms with Gasteiger partial charge in [-0.15, -0.1) is 0 Å². The molecule has 3 N–H and O–H groups in total. The van der Waals surface area contributed by atoms with Crippen LogP contribution in [-0.2, 0) is 11.2 Å². The molecule has 20 heavy (non-hydrogen) atoms. The van der Waals surface area contributed by atoms with Crippen molar-refractivity contribution in [2.45, 2.75) is 39.7 Å².